The summed E-state index contributed by atoms with van der Waals surface area (Å²) in [7, 11) is 0. The minimum absolute atomic E-state index is 0.242. The van der Waals surface area contributed by atoms with Crippen LogP contribution >= 0.6 is 15.9 Å². The van der Waals surface area contributed by atoms with Crippen molar-refractivity contribution in [2.24, 2.45) is 5.92 Å². The Morgan fingerprint density at radius 3 is 2.75 bits per heavy atom. The molecule has 1 aromatic heterocycles. The van der Waals surface area contributed by atoms with Gasteiger partial charge in [-0.15, -0.1) is 0 Å². The van der Waals surface area contributed by atoms with E-state index < -0.39 is 0 Å². The van der Waals surface area contributed by atoms with Gasteiger partial charge in [0.05, 0.1) is 0 Å². The Balaban J connectivity index is 2.52. The first-order valence-electron chi connectivity index (χ1n) is 5.64. The molecule has 3 nitrogen and oxygen atoms in total. The molecule has 2 N–H and O–H groups in total. The molecule has 0 radical (unpaired) electrons. The van der Waals surface area contributed by atoms with Crippen molar-refractivity contribution in [1.29, 1.82) is 0 Å². The van der Waals surface area contributed by atoms with E-state index >= 15 is 0 Å². The molecule has 2 atom stereocenters. The first-order chi connectivity index (χ1) is 7.65. The fraction of sp³-hybridized carbons (Fsp3) is 0.583. The topological polar surface area (TPSA) is 45.1 Å². The number of hydrogen-bond donors (Lipinski definition) is 2. The second-order valence-corrected chi connectivity index (χ2v) is 5.05. The van der Waals surface area contributed by atoms with Crippen LogP contribution in [0.1, 0.15) is 26.7 Å². The fourth-order valence-corrected chi connectivity index (χ4v) is 1.79. The zero-order chi connectivity index (χ0) is 12.0. The molecule has 0 amide bonds. The van der Waals surface area contributed by atoms with E-state index in [4.69, 9.17) is 5.11 Å². The molecular formula is C12H19BrN2O. The summed E-state index contributed by atoms with van der Waals surface area (Å²) < 4.78 is 0.981. The zero-order valence-corrected chi connectivity index (χ0v) is 11.4. The first-order valence-corrected chi connectivity index (χ1v) is 6.44. The Bertz CT molecular complexity index is 302. The third kappa shape index (κ3) is 4.49. The van der Waals surface area contributed by atoms with E-state index in [2.05, 4.69) is 40.1 Å². The van der Waals surface area contributed by atoms with Crippen LogP contribution in [0.15, 0.2) is 22.8 Å². The van der Waals surface area contributed by atoms with Crippen LogP contribution < -0.4 is 5.32 Å². The molecule has 0 aliphatic carbocycles. The molecule has 0 bridgehead atoms. The summed E-state index contributed by atoms with van der Waals surface area (Å²) >= 11 is 3.36. The van der Waals surface area contributed by atoms with Gasteiger partial charge in [-0.1, -0.05) is 13.8 Å². The van der Waals surface area contributed by atoms with Crippen LogP contribution in [0.3, 0.4) is 0 Å². The van der Waals surface area contributed by atoms with Crippen LogP contribution in [0.2, 0.25) is 0 Å². The number of aliphatic hydroxyl groups is 1. The fourth-order valence-electron chi connectivity index (χ4n) is 1.56. The molecule has 16 heavy (non-hydrogen) atoms. The average molecular weight is 287 g/mol. The lowest BCUT2D eigenvalue weighted by Crippen LogP contribution is -2.23. The largest absolute Gasteiger partial charge is 0.396 e. The van der Waals surface area contributed by atoms with E-state index in [-0.39, 0.29) is 6.61 Å². The van der Waals surface area contributed by atoms with Crippen molar-refractivity contribution in [1.82, 2.24) is 4.98 Å². The Hall–Kier alpha value is -0.610. The molecule has 1 aromatic rings. The van der Waals surface area contributed by atoms with Gasteiger partial charge >= 0.3 is 0 Å². The van der Waals surface area contributed by atoms with Gasteiger partial charge in [0.2, 0.25) is 0 Å². The summed E-state index contributed by atoms with van der Waals surface area (Å²) in [5.41, 5.74) is 0. The van der Waals surface area contributed by atoms with Crippen molar-refractivity contribution in [3.63, 3.8) is 0 Å². The number of aliphatic hydroxyl groups excluding tert-OH is 1. The van der Waals surface area contributed by atoms with Gasteiger partial charge in [-0.25, -0.2) is 4.98 Å². The summed E-state index contributed by atoms with van der Waals surface area (Å²) in [5.74, 6) is 1.22. The quantitative estimate of drug-likeness (QED) is 0.845. The molecule has 0 fully saturated rings. The number of nitrogens with zero attached hydrogens (tertiary/aromatic N) is 1. The minimum atomic E-state index is 0.242. The van der Waals surface area contributed by atoms with Crippen LogP contribution in [0.5, 0.6) is 0 Å². The van der Waals surface area contributed by atoms with Crippen LogP contribution in [0.4, 0.5) is 5.82 Å². The maximum Gasteiger partial charge on any atom is 0.126 e. The Labute approximate surface area is 105 Å². The SMILES string of the molecule is CC[C@@H](C[C@@H](C)CO)Nc1ccc(Br)cn1. The van der Waals surface area contributed by atoms with Crippen LogP contribution in [-0.2, 0) is 0 Å². The van der Waals surface area contributed by atoms with Crippen molar-refractivity contribution < 1.29 is 5.11 Å². The summed E-state index contributed by atoms with van der Waals surface area (Å²) in [6, 6.07) is 4.30. The predicted molar refractivity (Wildman–Crippen MR) is 70.5 cm³/mol. The molecule has 0 unspecified atom stereocenters. The van der Waals surface area contributed by atoms with E-state index in [0.717, 1.165) is 23.1 Å². The normalized spacial score (nSPS) is 14.5. The lowest BCUT2D eigenvalue weighted by Gasteiger charge is -2.20. The van der Waals surface area contributed by atoms with Gasteiger partial charge in [-0.3, -0.25) is 0 Å². The first kappa shape index (κ1) is 13.5. The molecular weight excluding hydrogens is 268 g/mol. The van der Waals surface area contributed by atoms with Crippen molar-refractivity contribution in [2.75, 3.05) is 11.9 Å². The Morgan fingerprint density at radius 1 is 1.50 bits per heavy atom. The van der Waals surface area contributed by atoms with E-state index in [1.807, 2.05) is 12.1 Å². The number of pyridine rings is 1. The Kier molecular flexibility index (Phi) is 5.77. The van der Waals surface area contributed by atoms with Crippen molar-refractivity contribution in [3.05, 3.63) is 22.8 Å². The lowest BCUT2D eigenvalue weighted by atomic mass is 10.0. The third-order valence-corrected chi connectivity index (χ3v) is 3.04. The number of anilines is 1. The highest BCUT2D eigenvalue weighted by Crippen LogP contribution is 2.15. The Morgan fingerprint density at radius 2 is 2.25 bits per heavy atom. The number of hydrogen-bond acceptors (Lipinski definition) is 3. The highest BCUT2D eigenvalue weighted by molar-refractivity contribution is 9.10. The molecule has 0 saturated carbocycles. The molecule has 1 heterocycles. The van der Waals surface area contributed by atoms with Gasteiger partial charge in [0.1, 0.15) is 5.82 Å². The monoisotopic (exact) mass is 286 g/mol. The van der Waals surface area contributed by atoms with Gasteiger partial charge in [0.25, 0.3) is 0 Å². The minimum Gasteiger partial charge on any atom is -0.396 e. The van der Waals surface area contributed by atoms with Crippen molar-refractivity contribution >= 4 is 21.7 Å². The number of nitrogens with one attached hydrogen (secondary N) is 1. The van der Waals surface area contributed by atoms with Gasteiger partial charge < -0.3 is 10.4 Å². The molecule has 4 heteroatoms. The van der Waals surface area contributed by atoms with Gasteiger partial charge in [-0.2, -0.15) is 0 Å². The van der Waals surface area contributed by atoms with E-state index in [9.17, 15) is 0 Å². The van der Waals surface area contributed by atoms with E-state index in [1.165, 1.54) is 0 Å². The maximum absolute atomic E-state index is 9.03. The second-order valence-electron chi connectivity index (χ2n) is 4.13. The highest BCUT2D eigenvalue weighted by atomic mass is 79.9. The molecule has 1 rings (SSSR count). The number of aromatic nitrogens is 1. The number of rotatable bonds is 6. The van der Waals surface area contributed by atoms with Gasteiger partial charge in [-0.05, 0) is 46.8 Å². The summed E-state index contributed by atoms with van der Waals surface area (Å²) in [4.78, 5) is 4.28. The molecule has 0 spiro atoms. The average Bonchev–Trinajstić information content (AvgIpc) is 2.30. The summed E-state index contributed by atoms with van der Waals surface area (Å²) in [6.07, 6.45) is 3.78. The maximum atomic E-state index is 9.03. The van der Waals surface area contributed by atoms with Crippen LogP contribution in [-0.4, -0.2) is 22.7 Å². The van der Waals surface area contributed by atoms with E-state index in [1.54, 1.807) is 6.20 Å². The third-order valence-electron chi connectivity index (χ3n) is 2.57. The second kappa shape index (κ2) is 6.86. The molecule has 0 aromatic carbocycles. The van der Waals surface area contributed by atoms with Crippen LogP contribution in [0, 0.1) is 5.92 Å². The highest BCUT2D eigenvalue weighted by Gasteiger charge is 2.11. The molecule has 0 aliphatic heterocycles. The lowest BCUT2D eigenvalue weighted by molar-refractivity contribution is 0.224. The smallest absolute Gasteiger partial charge is 0.126 e. The van der Waals surface area contributed by atoms with Gasteiger partial charge in [0, 0.05) is 23.3 Å². The molecule has 0 aliphatic rings. The van der Waals surface area contributed by atoms with Gasteiger partial charge in [0.15, 0.2) is 0 Å². The standard InChI is InChI=1S/C12H19BrN2O/c1-3-11(6-9(2)8-16)15-12-5-4-10(13)7-14-12/h4-5,7,9,11,16H,3,6,8H2,1-2H3,(H,14,15)/t9-,11+/m1/s1. The summed E-state index contributed by atoms with van der Waals surface area (Å²) in [6.45, 7) is 4.44. The molecule has 0 saturated heterocycles. The van der Waals surface area contributed by atoms with Crippen molar-refractivity contribution in [2.45, 2.75) is 32.7 Å². The van der Waals surface area contributed by atoms with Crippen molar-refractivity contribution in [3.8, 4) is 0 Å². The number of halogens is 1. The van der Waals surface area contributed by atoms with Crippen LogP contribution in [0.25, 0.3) is 0 Å². The zero-order valence-electron chi connectivity index (χ0n) is 9.78. The predicted octanol–water partition coefficient (Wildman–Crippen LogP) is 3.05. The molecule has 90 valence electrons. The van der Waals surface area contributed by atoms with E-state index in [0.29, 0.717) is 12.0 Å². The summed E-state index contributed by atoms with van der Waals surface area (Å²) in [5, 5.41) is 12.4.